The van der Waals surface area contributed by atoms with Crippen molar-refractivity contribution in [3.8, 4) is 0 Å². The van der Waals surface area contributed by atoms with Gasteiger partial charge < -0.3 is 11.1 Å². The number of carbonyl (C=O) groups excluding carboxylic acids is 1. The second-order valence-electron chi connectivity index (χ2n) is 3.79. The molecule has 5 heteroatoms. The Balaban J connectivity index is 2.22. The number of nitrogens with two attached hydrogens (primary N) is 1. The van der Waals surface area contributed by atoms with E-state index >= 15 is 0 Å². The highest BCUT2D eigenvalue weighted by Crippen LogP contribution is 2.18. The molecule has 1 atom stereocenters. The number of aryl methyl sites for hydroxylation is 1. The van der Waals surface area contributed by atoms with Crippen LogP contribution in [0.5, 0.6) is 0 Å². The van der Waals surface area contributed by atoms with Crippen LogP contribution in [0.4, 0.5) is 5.69 Å². The van der Waals surface area contributed by atoms with Crippen LogP contribution in [0.2, 0.25) is 0 Å². The molecule has 3 N–H and O–H groups in total. The van der Waals surface area contributed by atoms with Gasteiger partial charge in [-0.15, -0.1) is 0 Å². The highest BCUT2D eigenvalue weighted by molar-refractivity contribution is 5.84. The van der Waals surface area contributed by atoms with Gasteiger partial charge in [0.25, 0.3) is 0 Å². The normalized spacial score (nSPS) is 12.1. The zero-order valence-corrected chi connectivity index (χ0v) is 9.50. The maximum Gasteiger partial charge on any atom is 0.244 e. The van der Waals surface area contributed by atoms with Crippen LogP contribution in [0, 0.1) is 0 Å². The quantitative estimate of drug-likeness (QED) is 0.824. The Morgan fingerprint density at radius 2 is 2.12 bits per heavy atom. The summed E-state index contributed by atoms with van der Waals surface area (Å²) in [6.07, 6.45) is 3.40. The van der Waals surface area contributed by atoms with Crippen molar-refractivity contribution in [2.75, 3.05) is 5.32 Å². The summed E-state index contributed by atoms with van der Waals surface area (Å²) in [5.41, 5.74) is 6.99. The van der Waals surface area contributed by atoms with Gasteiger partial charge >= 0.3 is 0 Å². The molecule has 0 aliphatic heterocycles. The summed E-state index contributed by atoms with van der Waals surface area (Å²) >= 11 is 0. The molecule has 17 heavy (non-hydrogen) atoms. The lowest BCUT2D eigenvalue weighted by Gasteiger charge is -2.14. The van der Waals surface area contributed by atoms with Crippen LogP contribution < -0.4 is 11.1 Å². The molecule has 0 radical (unpaired) electrons. The van der Waals surface area contributed by atoms with Crippen molar-refractivity contribution in [2.24, 2.45) is 12.8 Å². The molecule has 1 aromatic carbocycles. The molecule has 1 amide bonds. The number of carbonyl (C=O) groups is 1. The fourth-order valence-electron chi connectivity index (χ4n) is 1.61. The lowest BCUT2D eigenvalue weighted by molar-refractivity contribution is -0.118. The van der Waals surface area contributed by atoms with Crippen molar-refractivity contribution in [2.45, 2.75) is 6.04 Å². The van der Waals surface area contributed by atoms with E-state index in [1.54, 1.807) is 24.1 Å². The van der Waals surface area contributed by atoms with E-state index in [1.807, 2.05) is 30.3 Å². The Morgan fingerprint density at radius 1 is 1.41 bits per heavy atom. The number of benzene rings is 1. The Morgan fingerprint density at radius 3 is 2.65 bits per heavy atom. The van der Waals surface area contributed by atoms with Crippen molar-refractivity contribution >= 4 is 11.6 Å². The topological polar surface area (TPSA) is 72.9 Å². The van der Waals surface area contributed by atoms with Gasteiger partial charge in [0, 0.05) is 24.5 Å². The molecule has 0 aliphatic rings. The monoisotopic (exact) mass is 230 g/mol. The molecule has 5 nitrogen and oxygen atoms in total. The summed E-state index contributed by atoms with van der Waals surface area (Å²) < 4.78 is 1.64. The van der Waals surface area contributed by atoms with E-state index in [2.05, 4.69) is 10.4 Å². The molecule has 0 spiro atoms. The van der Waals surface area contributed by atoms with Crippen LogP contribution in [0.15, 0.2) is 42.7 Å². The minimum atomic E-state index is -0.564. The molecular weight excluding hydrogens is 216 g/mol. The molecule has 0 saturated carbocycles. The summed E-state index contributed by atoms with van der Waals surface area (Å²) in [5.74, 6) is -0.429. The van der Waals surface area contributed by atoms with Gasteiger partial charge in [-0.05, 0) is 12.1 Å². The fraction of sp³-hybridized carbons (Fsp3) is 0.167. The predicted octanol–water partition coefficient (Wildman–Crippen LogP) is 1.06. The van der Waals surface area contributed by atoms with E-state index in [-0.39, 0.29) is 0 Å². The van der Waals surface area contributed by atoms with E-state index in [1.165, 1.54) is 0 Å². The number of hydrogen-bond donors (Lipinski definition) is 2. The van der Waals surface area contributed by atoms with Crippen LogP contribution >= 0.6 is 0 Å². The highest BCUT2D eigenvalue weighted by Gasteiger charge is 2.18. The zero-order chi connectivity index (χ0) is 12.3. The molecule has 0 aliphatic carbocycles. The first-order valence-corrected chi connectivity index (χ1v) is 5.26. The van der Waals surface area contributed by atoms with Gasteiger partial charge in [-0.1, -0.05) is 18.2 Å². The molecule has 1 aromatic heterocycles. The number of hydrogen-bond acceptors (Lipinski definition) is 3. The van der Waals surface area contributed by atoms with Gasteiger partial charge in [0.15, 0.2) is 0 Å². The maximum absolute atomic E-state index is 11.4. The lowest BCUT2D eigenvalue weighted by Crippen LogP contribution is -2.27. The average Bonchev–Trinajstić information content (AvgIpc) is 2.73. The van der Waals surface area contributed by atoms with Gasteiger partial charge in [0.2, 0.25) is 5.91 Å². The van der Waals surface area contributed by atoms with E-state index < -0.39 is 11.9 Å². The standard InChI is InChI=1S/C12H14N4O/c1-16-8-9(7-14-16)11(12(13)17)15-10-5-3-2-4-6-10/h2-8,11,15H,1H3,(H2,13,17). The number of nitrogens with one attached hydrogen (secondary N) is 1. The van der Waals surface area contributed by atoms with E-state index in [0.29, 0.717) is 0 Å². The van der Waals surface area contributed by atoms with Crippen molar-refractivity contribution in [3.05, 3.63) is 48.3 Å². The van der Waals surface area contributed by atoms with Gasteiger partial charge in [-0.3, -0.25) is 9.48 Å². The molecule has 0 fully saturated rings. The van der Waals surface area contributed by atoms with Crippen LogP contribution in [-0.2, 0) is 11.8 Å². The second-order valence-corrected chi connectivity index (χ2v) is 3.79. The highest BCUT2D eigenvalue weighted by atomic mass is 16.1. The zero-order valence-electron chi connectivity index (χ0n) is 9.50. The summed E-state index contributed by atoms with van der Waals surface area (Å²) in [4.78, 5) is 11.4. The molecule has 2 rings (SSSR count). The number of aromatic nitrogens is 2. The third-order valence-electron chi connectivity index (χ3n) is 2.43. The van der Waals surface area contributed by atoms with E-state index in [4.69, 9.17) is 5.73 Å². The van der Waals surface area contributed by atoms with Crippen LogP contribution in [0.1, 0.15) is 11.6 Å². The third kappa shape index (κ3) is 2.63. The first-order valence-electron chi connectivity index (χ1n) is 5.26. The van der Waals surface area contributed by atoms with Crippen molar-refractivity contribution in [3.63, 3.8) is 0 Å². The number of primary amides is 1. The first kappa shape index (κ1) is 11.2. The Labute approximate surface area is 99.2 Å². The molecule has 1 unspecified atom stereocenters. The first-order chi connectivity index (χ1) is 8.16. The minimum absolute atomic E-state index is 0.429. The van der Waals surface area contributed by atoms with Crippen LogP contribution in [0.25, 0.3) is 0 Å². The fourth-order valence-corrected chi connectivity index (χ4v) is 1.61. The Hall–Kier alpha value is -2.30. The number of nitrogens with zero attached hydrogens (tertiary/aromatic N) is 2. The minimum Gasteiger partial charge on any atom is -0.370 e. The molecule has 0 saturated heterocycles. The van der Waals surface area contributed by atoms with Gasteiger partial charge in [0.05, 0.1) is 6.20 Å². The van der Waals surface area contributed by atoms with Gasteiger partial charge in [0.1, 0.15) is 6.04 Å². The Kier molecular flexibility index (Phi) is 3.09. The predicted molar refractivity (Wildman–Crippen MR) is 65.2 cm³/mol. The summed E-state index contributed by atoms with van der Waals surface area (Å²) in [5, 5.41) is 7.11. The van der Waals surface area contributed by atoms with Crippen molar-refractivity contribution < 1.29 is 4.79 Å². The van der Waals surface area contributed by atoms with Crippen LogP contribution in [0.3, 0.4) is 0 Å². The van der Waals surface area contributed by atoms with Gasteiger partial charge in [-0.25, -0.2) is 0 Å². The third-order valence-corrected chi connectivity index (χ3v) is 2.43. The van der Waals surface area contributed by atoms with Crippen molar-refractivity contribution in [1.29, 1.82) is 0 Å². The molecule has 2 aromatic rings. The lowest BCUT2D eigenvalue weighted by atomic mass is 10.1. The smallest absolute Gasteiger partial charge is 0.244 e. The number of anilines is 1. The Bertz CT molecular complexity index is 506. The number of rotatable bonds is 4. The SMILES string of the molecule is Cn1cc(C(Nc2ccccc2)C(N)=O)cn1. The molecule has 1 heterocycles. The van der Waals surface area contributed by atoms with Gasteiger partial charge in [-0.2, -0.15) is 5.10 Å². The van der Waals surface area contributed by atoms with E-state index in [0.717, 1.165) is 11.3 Å². The van der Waals surface area contributed by atoms with Crippen molar-refractivity contribution in [1.82, 2.24) is 9.78 Å². The largest absolute Gasteiger partial charge is 0.370 e. The summed E-state index contributed by atoms with van der Waals surface area (Å²) in [6, 6.07) is 8.89. The summed E-state index contributed by atoms with van der Waals surface area (Å²) in [7, 11) is 1.80. The molecular formula is C12H14N4O. The summed E-state index contributed by atoms with van der Waals surface area (Å²) in [6.45, 7) is 0. The molecule has 0 bridgehead atoms. The maximum atomic E-state index is 11.4. The second kappa shape index (κ2) is 4.69. The van der Waals surface area contributed by atoms with E-state index in [9.17, 15) is 4.79 Å². The van der Waals surface area contributed by atoms with Crippen LogP contribution in [-0.4, -0.2) is 15.7 Å². The number of para-hydroxylation sites is 1. The average molecular weight is 230 g/mol. The molecule has 88 valence electrons. The number of amides is 1.